The highest BCUT2D eigenvalue weighted by Crippen LogP contribution is 2.19. The van der Waals surface area contributed by atoms with E-state index in [0.29, 0.717) is 22.9 Å². The van der Waals surface area contributed by atoms with Crippen LogP contribution < -0.4 is 0 Å². The molecule has 1 saturated heterocycles. The molecule has 21 heavy (non-hydrogen) atoms. The number of nitrogens with zero attached hydrogens (tertiary/aromatic N) is 1. The van der Waals surface area contributed by atoms with Gasteiger partial charge in [-0.3, -0.25) is 4.79 Å². The van der Waals surface area contributed by atoms with Gasteiger partial charge in [0.15, 0.2) is 9.84 Å². The van der Waals surface area contributed by atoms with Gasteiger partial charge in [0.05, 0.1) is 17.3 Å². The molecule has 0 spiro atoms. The van der Waals surface area contributed by atoms with Crippen LogP contribution in [-0.2, 0) is 20.4 Å². The first-order valence-electron chi connectivity index (χ1n) is 6.66. The number of amides is 1. The van der Waals surface area contributed by atoms with Gasteiger partial charge in [-0.15, -0.1) is 11.8 Å². The van der Waals surface area contributed by atoms with Crippen molar-refractivity contribution < 1.29 is 13.2 Å². The molecule has 7 heteroatoms. The third-order valence-corrected chi connectivity index (χ3v) is 6.51. The topological polar surface area (TPSA) is 54.5 Å². The van der Waals surface area contributed by atoms with Crippen molar-refractivity contribution in [2.75, 3.05) is 24.3 Å². The third kappa shape index (κ3) is 4.90. The average Bonchev–Trinajstić information content (AvgIpc) is 2.78. The zero-order valence-electron chi connectivity index (χ0n) is 11.8. The number of hydrogen-bond acceptors (Lipinski definition) is 4. The zero-order chi connectivity index (χ0) is 15.5. The molecule has 1 aliphatic heterocycles. The molecule has 0 aromatic heterocycles. The van der Waals surface area contributed by atoms with E-state index in [2.05, 4.69) is 0 Å². The van der Waals surface area contributed by atoms with Crippen LogP contribution >= 0.6 is 23.4 Å². The SMILES string of the molecule is CN(C(=O)CSCc1cccc(Cl)c1)C1CCS(=O)(=O)C1. The number of thioether (sulfide) groups is 1. The molecular formula is C14H18ClNO3S2. The van der Waals surface area contributed by atoms with Crippen molar-refractivity contribution in [1.82, 2.24) is 4.90 Å². The predicted octanol–water partition coefficient (Wildman–Crippen LogP) is 2.22. The van der Waals surface area contributed by atoms with Crippen molar-refractivity contribution in [2.45, 2.75) is 18.2 Å². The zero-order valence-corrected chi connectivity index (χ0v) is 14.2. The first kappa shape index (κ1) is 16.6. The second kappa shape index (κ2) is 7.03. The van der Waals surface area contributed by atoms with E-state index in [0.717, 1.165) is 5.56 Å². The number of sulfone groups is 1. The molecule has 1 unspecified atom stereocenters. The number of rotatable bonds is 5. The maximum absolute atomic E-state index is 12.1. The molecule has 2 rings (SSSR count). The summed E-state index contributed by atoms with van der Waals surface area (Å²) in [7, 11) is -1.27. The number of halogens is 1. The molecule has 0 radical (unpaired) electrons. The fraction of sp³-hybridized carbons (Fsp3) is 0.500. The molecule has 1 fully saturated rings. The quantitative estimate of drug-likeness (QED) is 0.819. The van der Waals surface area contributed by atoms with Gasteiger partial charge in [-0.25, -0.2) is 8.42 Å². The minimum Gasteiger partial charge on any atom is -0.341 e. The molecule has 0 bridgehead atoms. The van der Waals surface area contributed by atoms with Crippen molar-refractivity contribution in [3.63, 3.8) is 0 Å². The molecule has 1 amide bonds. The van der Waals surface area contributed by atoms with Gasteiger partial charge in [-0.05, 0) is 24.1 Å². The third-order valence-electron chi connectivity index (χ3n) is 3.53. The monoisotopic (exact) mass is 347 g/mol. The predicted molar refractivity (Wildman–Crippen MR) is 87.4 cm³/mol. The number of benzene rings is 1. The van der Waals surface area contributed by atoms with Crippen LogP contribution in [0.3, 0.4) is 0 Å². The maximum Gasteiger partial charge on any atom is 0.232 e. The Balaban J connectivity index is 1.79. The summed E-state index contributed by atoms with van der Waals surface area (Å²) in [5, 5.41) is 0.688. The fourth-order valence-corrected chi connectivity index (χ4v) is 5.15. The fourth-order valence-electron chi connectivity index (χ4n) is 2.27. The van der Waals surface area contributed by atoms with Crippen LogP contribution in [0.4, 0.5) is 0 Å². The minimum absolute atomic E-state index is 0.0240. The summed E-state index contributed by atoms with van der Waals surface area (Å²) in [6.07, 6.45) is 0.545. The van der Waals surface area contributed by atoms with Gasteiger partial charge in [0, 0.05) is 23.9 Å². The number of carbonyl (C=O) groups is 1. The van der Waals surface area contributed by atoms with Gasteiger partial charge in [0.25, 0.3) is 0 Å². The second-order valence-corrected chi connectivity index (χ2v) is 8.83. The Morgan fingerprint density at radius 2 is 2.24 bits per heavy atom. The van der Waals surface area contributed by atoms with E-state index in [4.69, 9.17) is 11.6 Å². The van der Waals surface area contributed by atoms with Crippen molar-refractivity contribution in [1.29, 1.82) is 0 Å². The summed E-state index contributed by atoms with van der Waals surface area (Å²) in [5.41, 5.74) is 1.08. The molecule has 0 N–H and O–H groups in total. The molecule has 1 aromatic rings. The largest absolute Gasteiger partial charge is 0.341 e. The Bertz CT molecular complexity index is 618. The van der Waals surface area contributed by atoms with E-state index < -0.39 is 9.84 Å². The van der Waals surface area contributed by atoms with Gasteiger partial charge >= 0.3 is 0 Å². The minimum atomic E-state index is -2.96. The summed E-state index contributed by atoms with van der Waals surface area (Å²) >= 11 is 7.42. The van der Waals surface area contributed by atoms with Crippen LogP contribution in [0.5, 0.6) is 0 Å². The van der Waals surface area contributed by atoms with Crippen LogP contribution in [0.25, 0.3) is 0 Å². The van der Waals surface area contributed by atoms with E-state index in [9.17, 15) is 13.2 Å². The lowest BCUT2D eigenvalue weighted by Gasteiger charge is -2.23. The van der Waals surface area contributed by atoms with E-state index in [-0.39, 0.29) is 23.5 Å². The van der Waals surface area contributed by atoms with Gasteiger partial charge in [0.2, 0.25) is 5.91 Å². The molecule has 116 valence electrons. The van der Waals surface area contributed by atoms with E-state index in [1.54, 1.807) is 11.9 Å². The lowest BCUT2D eigenvalue weighted by atomic mass is 10.2. The lowest BCUT2D eigenvalue weighted by Crippen LogP contribution is -2.38. The molecule has 1 atom stereocenters. The molecule has 1 heterocycles. The Morgan fingerprint density at radius 1 is 1.48 bits per heavy atom. The summed E-state index contributed by atoms with van der Waals surface area (Å²) in [4.78, 5) is 13.7. The standard InChI is InChI=1S/C14H18ClNO3S2/c1-16(13-5-6-21(18,19)10-13)14(17)9-20-8-11-3-2-4-12(15)7-11/h2-4,7,13H,5-6,8-10H2,1H3. The lowest BCUT2D eigenvalue weighted by molar-refractivity contribution is -0.128. The van der Waals surface area contributed by atoms with Gasteiger partial charge < -0.3 is 4.90 Å². The second-order valence-electron chi connectivity index (χ2n) is 5.18. The van der Waals surface area contributed by atoms with Crippen LogP contribution in [0, 0.1) is 0 Å². The van der Waals surface area contributed by atoms with Crippen molar-refractivity contribution in [3.8, 4) is 0 Å². The maximum atomic E-state index is 12.1. The van der Waals surface area contributed by atoms with E-state index >= 15 is 0 Å². The highest BCUT2D eigenvalue weighted by molar-refractivity contribution is 7.99. The van der Waals surface area contributed by atoms with Crippen LogP contribution in [0.2, 0.25) is 5.02 Å². The molecule has 0 saturated carbocycles. The Morgan fingerprint density at radius 3 is 2.86 bits per heavy atom. The molecule has 4 nitrogen and oxygen atoms in total. The van der Waals surface area contributed by atoms with Crippen molar-refractivity contribution >= 4 is 39.1 Å². The summed E-state index contributed by atoms with van der Waals surface area (Å²) in [6, 6.07) is 7.38. The Labute approximate surface area is 134 Å². The van der Waals surface area contributed by atoms with Gasteiger partial charge in [-0.2, -0.15) is 0 Å². The highest BCUT2D eigenvalue weighted by atomic mass is 35.5. The molecule has 1 aliphatic rings. The van der Waals surface area contributed by atoms with Crippen molar-refractivity contribution in [3.05, 3.63) is 34.9 Å². The number of hydrogen-bond donors (Lipinski definition) is 0. The average molecular weight is 348 g/mol. The van der Waals surface area contributed by atoms with Gasteiger partial charge in [0.1, 0.15) is 0 Å². The Hall–Kier alpha value is -0.720. The highest BCUT2D eigenvalue weighted by Gasteiger charge is 2.32. The first-order chi connectivity index (χ1) is 9.87. The molecular weight excluding hydrogens is 330 g/mol. The summed E-state index contributed by atoms with van der Waals surface area (Å²) in [5.74, 6) is 1.31. The van der Waals surface area contributed by atoms with E-state index in [1.807, 2.05) is 24.3 Å². The summed E-state index contributed by atoms with van der Waals surface area (Å²) in [6.45, 7) is 0. The van der Waals surface area contributed by atoms with Crippen LogP contribution in [0.1, 0.15) is 12.0 Å². The Kier molecular flexibility index (Phi) is 5.57. The molecule has 1 aromatic carbocycles. The van der Waals surface area contributed by atoms with Gasteiger partial charge in [-0.1, -0.05) is 23.7 Å². The normalized spacial score (nSPS) is 20.4. The summed E-state index contributed by atoms with van der Waals surface area (Å²) < 4.78 is 22.9. The van der Waals surface area contributed by atoms with Crippen LogP contribution in [0.15, 0.2) is 24.3 Å². The van der Waals surface area contributed by atoms with Crippen molar-refractivity contribution in [2.24, 2.45) is 0 Å². The molecule has 0 aliphatic carbocycles. The van der Waals surface area contributed by atoms with Crippen LogP contribution in [-0.4, -0.2) is 49.6 Å². The first-order valence-corrected chi connectivity index (χ1v) is 10.0. The van der Waals surface area contributed by atoms with E-state index in [1.165, 1.54) is 11.8 Å². The number of carbonyl (C=O) groups excluding carboxylic acids is 1. The smallest absolute Gasteiger partial charge is 0.232 e.